The fourth-order valence-electron chi connectivity index (χ4n) is 4.57. The molecule has 0 amide bonds. The summed E-state index contributed by atoms with van der Waals surface area (Å²) in [7, 11) is -4.09. The van der Waals surface area contributed by atoms with Crippen LogP contribution in [0, 0.1) is 18.8 Å². The largest absolute Gasteiger partial charge is 0.440 e. The average molecular weight is 570 g/mol. The molecule has 204 valence electrons. The summed E-state index contributed by atoms with van der Waals surface area (Å²) in [6.45, 7) is 7.06. The van der Waals surface area contributed by atoms with E-state index in [4.69, 9.17) is 4.74 Å². The SMILES string of the molecule is C=CCN([C@@H](Cc1ccccc1)C(C#Cc1cccs1)(OC(C)=O)c1ccccc1)S(=O)(=O)c1ccc(C)cc1. The maximum absolute atomic E-state index is 14.4. The van der Waals surface area contributed by atoms with Gasteiger partial charge in [0.05, 0.1) is 15.8 Å². The van der Waals surface area contributed by atoms with Crippen molar-refractivity contribution in [3.05, 3.63) is 137 Å². The van der Waals surface area contributed by atoms with Gasteiger partial charge in [0.15, 0.2) is 0 Å². The fourth-order valence-corrected chi connectivity index (χ4v) is 6.75. The van der Waals surface area contributed by atoms with Crippen LogP contribution in [0.3, 0.4) is 0 Å². The van der Waals surface area contributed by atoms with Gasteiger partial charge in [-0.1, -0.05) is 96.4 Å². The molecule has 1 heterocycles. The van der Waals surface area contributed by atoms with Crippen LogP contribution in [0.15, 0.2) is 120 Å². The van der Waals surface area contributed by atoms with E-state index in [9.17, 15) is 13.2 Å². The Morgan fingerprint density at radius 2 is 1.65 bits per heavy atom. The molecule has 0 aliphatic carbocycles. The van der Waals surface area contributed by atoms with Crippen LogP contribution < -0.4 is 0 Å². The number of carbonyl (C=O) groups is 1. The van der Waals surface area contributed by atoms with E-state index in [1.165, 1.54) is 22.6 Å². The average Bonchev–Trinajstić information content (AvgIpc) is 3.48. The van der Waals surface area contributed by atoms with Crippen molar-refractivity contribution >= 4 is 27.3 Å². The highest BCUT2D eigenvalue weighted by atomic mass is 32.2. The number of carbonyl (C=O) groups excluding carboxylic acids is 1. The zero-order chi connectivity index (χ0) is 28.6. The molecule has 0 aliphatic rings. The van der Waals surface area contributed by atoms with Crippen LogP contribution in [0.2, 0.25) is 0 Å². The number of sulfonamides is 1. The Morgan fingerprint density at radius 3 is 2.23 bits per heavy atom. The maximum Gasteiger partial charge on any atom is 0.304 e. The first-order chi connectivity index (χ1) is 19.3. The molecule has 0 radical (unpaired) electrons. The first-order valence-electron chi connectivity index (χ1n) is 12.8. The van der Waals surface area contributed by atoms with Gasteiger partial charge in [-0.2, -0.15) is 4.31 Å². The van der Waals surface area contributed by atoms with Gasteiger partial charge in [-0.3, -0.25) is 4.79 Å². The smallest absolute Gasteiger partial charge is 0.304 e. The first kappa shape index (κ1) is 29.0. The number of rotatable bonds is 10. The summed E-state index contributed by atoms with van der Waals surface area (Å²) in [5, 5.41) is 1.91. The molecule has 0 fully saturated rings. The Hall–Kier alpha value is -3.96. The van der Waals surface area contributed by atoms with Crippen molar-refractivity contribution in [2.75, 3.05) is 6.54 Å². The molecule has 0 aliphatic heterocycles. The molecule has 0 spiro atoms. The third-order valence-electron chi connectivity index (χ3n) is 6.43. The van der Waals surface area contributed by atoms with Crippen molar-refractivity contribution in [3.63, 3.8) is 0 Å². The van der Waals surface area contributed by atoms with E-state index >= 15 is 0 Å². The molecule has 0 saturated heterocycles. The minimum atomic E-state index is -4.09. The van der Waals surface area contributed by atoms with Gasteiger partial charge in [-0.25, -0.2) is 8.42 Å². The minimum absolute atomic E-state index is 0.0236. The van der Waals surface area contributed by atoms with E-state index in [-0.39, 0.29) is 17.9 Å². The third-order valence-corrected chi connectivity index (χ3v) is 9.10. The van der Waals surface area contributed by atoms with Crippen molar-refractivity contribution < 1.29 is 17.9 Å². The molecule has 2 atom stereocenters. The topological polar surface area (TPSA) is 63.7 Å². The van der Waals surface area contributed by atoms with Crippen molar-refractivity contribution in [2.24, 2.45) is 0 Å². The number of benzene rings is 3. The molecule has 40 heavy (non-hydrogen) atoms. The van der Waals surface area contributed by atoms with E-state index in [2.05, 4.69) is 18.4 Å². The maximum atomic E-state index is 14.4. The van der Waals surface area contributed by atoms with Gasteiger partial charge in [-0.15, -0.1) is 17.9 Å². The molecule has 7 heteroatoms. The van der Waals surface area contributed by atoms with Crippen LogP contribution in [-0.2, 0) is 31.6 Å². The summed E-state index contributed by atoms with van der Waals surface area (Å²) in [5.74, 6) is 5.85. The Bertz CT molecular complexity index is 1590. The lowest BCUT2D eigenvalue weighted by Crippen LogP contribution is -2.55. The van der Waals surface area contributed by atoms with Crippen molar-refractivity contribution in [1.82, 2.24) is 4.31 Å². The van der Waals surface area contributed by atoms with Crippen LogP contribution in [-0.4, -0.2) is 31.3 Å². The van der Waals surface area contributed by atoms with Gasteiger partial charge in [-0.05, 0) is 48.4 Å². The second-order valence-electron chi connectivity index (χ2n) is 9.30. The van der Waals surface area contributed by atoms with Gasteiger partial charge in [0.1, 0.15) is 0 Å². The summed E-state index contributed by atoms with van der Waals surface area (Å²) in [4.78, 5) is 13.7. The Kier molecular flexibility index (Phi) is 9.38. The first-order valence-corrected chi connectivity index (χ1v) is 15.1. The van der Waals surface area contributed by atoms with Gasteiger partial charge in [0.25, 0.3) is 0 Å². The van der Waals surface area contributed by atoms with Gasteiger partial charge in [0, 0.05) is 19.0 Å². The number of thiophene rings is 1. The monoisotopic (exact) mass is 569 g/mol. The Morgan fingerprint density at radius 1 is 1.00 bits per heavy atom. The van der Waals surface area contributed by atoms with E-state index in [0.29, 0.717) is 5.56 Å². The van der Waals surface area contributed by atoms with E-state index in [1.807, 2.05) is 85.1 Å². The van der Waals surface area contributed by atoms with Gasteiger partial charge >= 0.3 is 5.97 Å². The second kappa shape index (κ2) is 12.9. The zero-order valence-electron chi connectivity index (χ0n) is 22.5. The molecule has 0 N–H and O–H groups in total. The van der Waals surface area contributed by atoms with Crippen LogP contribution in [0.25, 0.3) is 0 Å². The van der Waals surface area contributed by atoms with E-state index in [1.54, 1.807) is 30.3 Å². The summed E-state index contributed by atoms with van der Waals surface area (Å²) < 4.78 is 36.3. The highest BCUT2D eigenvalue weighted by molar-refractivity contribution is 7.89. The number of esters is 1. The second-order valence-corrected chi connectivity index (χ2v) is 12.1. The summed E-state index contributed by atoms with van der Waals surface area (Å²) >= 11 is 1.45. The van der Waals surface area contributed by atoms with Gasteiger partial charge in [0.2, 0.25) is 15.6 Å². The van der Waals surface area contributed by atoms with Crippen molar-refractivity contribution in [2.45, 2.75) is 36.8 Å². The standard InChI is InChI=1S/C33H31NO4S2/c1-4-23-34(40(36,37)31-19-17-26(2)18-20-31)32(25-28-12-7-5-8-13-28)33(38-27(3)35,29-14-9-6-10-15-29)22-21-30-16-11-24-39-30/h4-20,24,32H,1,23,25H2,2-3H3/t32-,33?/m0/s1. The normalized spacial score (nSPS) is 13.5. The predicted octanol–water partition coefficient (Wildman–Crippen LogP) is 6.35. The number of hydrogen-bond donors (Lipinski definition) is 0. The van der Waals surface area contributed by atoms with Crippen LogP contribution in [0.4, 0.5) is 0 Å². The highest BCUT2D eigenvalue weighted by Crippen LogP contribution is 2.37. The quantitative estimate of drug-likeness (QED) is 0.127. The number of hydrogen-bond acceptors (Lipinski definition) is 5. The number of nitrogens with zero attached hydrogens (tertiary/aromatic N) is 1. The Labute approximate surface area is 240 Å². The molecular formula is C33H31NO4S2. The lowest BCUT2D eigenvalue weighted by molar-refractivity contribution is -0.157. The number of ether oxygens (including phenoxy) is 1. The molecule has 3 aromatic carbocycles. The zero-order valence-corrected chi connectivity index (χ0v) is 24.1. The number of aryl methyl sites for hydroxylation is 1. The van der Waals surface area contributed by atoms with Gasteiger partial charge < -0.3 is 4.74 Å². The van der Waals surface area contributed by atoms with Crippen LogP contribution >= 0.6 is 11.3 Å². The molecule has 0 bridgehead atoms. The molecular weight excluding hydrogens is 539 g/mol. The predicted molar refractivity (Wildman–Crippen MR) is 160 cm³/mol. The molecule has 4 rings (SSSR count). The van der Waals surface area contributed by atoms with Crippen molar-refractivity contribution in [1.29, 1.82) is 0 Å². The molecule has 1 aromatic heterocycles. The molecule has 1 unspecified atom stereocenters. The summed E-state index contributed by atoms with van der Waals surface area (Å²) in [5.41, 5.74) is 0.734. The fraction of sp³-hybridized carbons (Fsp3) is 0.182. The lowest BCUT2D eigenvalue weighted by atomic mass is 9.82. The molecule has 0 saturated carbocycles. The lowest BCUT2D eigenvalue weighted by Gasteiger charge is -2.42. The van der Waals surface area contributed by atoms with Crippen LogP contribution in [0.5, 0.6) is 0 Å². The minimum Gasteiger partial charge on any atom is -0.440 e. The van der Waals surface area contributed by atoms with E-state index < -0.39 is 27.6 Å². The molecule has 5 nitrogen and oxygen atoms in total. The summed E-state index contributed by atoms with van der Waals surface area (Å²) in [6, 6.07) is 28.2. The summed E-state index contributed by atoms with van der Waals surface area (Å²) in [6.07, 6.45) is 1.76. The van der Waals surface area contributed by atoms with E-state index in [0.717, 1.165) is 16.0 Å². The Balaban J connectivity index is 2.04. The highest BCUT2D eigenvalue weighted by Gasteiger charge is 2.49. The molecule has 4 aromatic rings. The van der Waals surface area contributed by atoms with Crippen molar-refractivity contribution in [3.8, 4) is 11.8 Å². The third kappa shape index (κ3) is 6.60. The van der Waals surface area contributed by atoms with Crippen LogP contribution in [0.1, 0.15) is 28.5 Å².